The van der Waals surface area contributed by atoms with Gasteiger partial charge in [-0.2, -0.15) is 0 Å². The van der Waals surface area contributed by atoms with Gasteiger partial charge in [0.05, 0.1) is 11.4 Å². The average Bonchev–Trinajstić information content (AvgIpc) is 3.20. The van der Waals surface area contributed by atoms with Crippen LogP contribution in [0.3, 0.4) is 0 Å². The third-order valence-corrected chi connectivity index (χ3v) is 4.87. The van der Waals surface area contributed by atoms with Crippen LogP contribution in [0.5, 0.6) is 0 Å². The Morgan fingerprint density at radius 2 is 1.19 bits per heavy atom. The maximum absolute atomic E-state index is 4.78. The van der Waals surface area contributed by atoms with E-state index in [9.17, 15) is 0 Å². The number of hydrogen-bond acceptors (Lipinski definition) is 1. The van der Waals surface area contributed by atoms with Crippen LogP contribution >= 0.6 is 0 Å². The fourth-order valence-electron chi connectivity index (χ4n) is 3.55. The molecule has 0 amide bonds. The van der Waals surface area contributed by atoms with Crippen LogP contribution < -0.4 is 0 Å². The second kappa shape index (κ2) is 6.58. The van der Waals surface area contributed by atoms with E-state index in [1.807, 2.05) is 18.5 Å². The zero-order valence-electron chi connectivity index (χ0n) is 14.8. The molecule has 0 aliphatic rings. The smallest absolute Gasteiger partial charge is 0.100 e. The SMILES string of the molecule is c1ccc(-c2ncn(-c3ccc4ccccc4c3)c2-c2ccccc2)cc1. The third-order valence-electron chi connectivity index (χ3n) is 4.87. The molecule has 128 valence electrons. The van der Waals surface area contributed by atoms with Crippen molar-refractivity contribution in [3.8, 4) is 28.2 Å². The number of imidazole rings is 1. The Bertz CT molecular complexity index is 1210. The topological polar surface area (TPSA) is 17.8 Å². The molecule has 0 spiro atoms. The van der Waals surface area contributed by atoms with Gasteiger partial charge in [0.25, 0.3) is 0 Å². The maximum atomic E-state index is 4.78. The first-order valence-electron chi connectivity index (χ1n) is 9.07. The largest absolute Gasteiger partial charge is 0.298 e. The lowest BCUT2D eigenvalue weighted by Gasteiger charge is -2.12. The number of benzene rings is 4. The van der Waals surface area contributed by atoms with Gasteiger partial charge >= 0.3 is 0 Å². The van der Waals surface area contributed by atoms with E-state index in [-0.39, 0.29) is 0 Å². The first-order chi connectivity index (χ1) is 13.4. The molecular formula is C25H18N2. The lowest BCUT2D eigenvalue weighted by atomic mass is 10.0. The molecule has 0 saturated heterocycles. The van der Waals surface area contributed by atoms with Gasteiger partial charge in [-0.25, -0.2) is 4.98 Å². The summed E-state index contributed by atoms with van der Waals surface area (Å²) in [5.41, 5.74) is 5.49. The van der Waals surface area contributed by atoms with E-state index in [4.69, 9.17) is 4.98 Å². The predicted octanol–water partition coefficient (Wildman–Crippen LogP) is 6.36. The summed E-state index contributed by atoms with van der Waals surface area (Å²) in [5.74, 6) is 0. The highest BCUT2D eigenvalue weighted by molar-refractivity contribution is 5.86. The van der Waals surface area contributed by atoms with Crippen molar-refractivity contribution in [1.82, 2.24) is 9.55 Å². The highest BCUT2D eigenvalue weighted by Gasteiger charge is 2.16. The lowest BCUT2D eigenvalue weighted by molar-refractivity contribution is 1.07. The van der Waals surface area contributed by atoms with Crippen LogP contribution in [0, 0.1) is 0 Å². The molecule has 0 saturated carbocycles. The molecule has 1 aromatic heterocycles. The zero-order chi connectivity index (χ0) is 18.1. The summed E-state index contributed by atoms with van der Waals surface area (Å²) in [4.78, 5) is 4.78. The molecule has 0 radical (unpaired) electrons. The highest BCUT2D eigenvalue weighted by atomic mass is 15.1. The predicted molar refractivity (Wildman–Crippen MR) is 112 cm³/mol. The number of rotatable bonds is 3. The van der Waals surface area contributed by atoms with E-state index < -0.39 is 0 Å². The number of nitrogens with zero attached hydrogens (tertiary/aromatic N) is 2. The monoisotopic (exact) mass is 346 g/mol. The molecule has 0 N–H and O–H groups in total. The van der Waals surface area contributed by atoms with Crippen molar-refractivity contribution >= 4 is 10.8 Å². The van der Waals surface area contributed by atoms with Crippen LogP contribution in [-0.4, -0.2) is 9.55 Å². The van der Waals surface area contributed by atoms with E-state index in [2.05, 4.69) is 95.6 Å². The van der Waals surface area contributed by atoms with Crippen LogP contribution in [0.1, 0.15) is 0 Å². The van der Waals surface area contributed by atoms with Crippen molar-refractivity contribution < 1.29 is 0 Å². The van der Waals surface area contributed by atoms with Crippen LogP contribution in [0.4, 0.5) is 0 Å². The second-order valence-corrected chi connectivity index (χ2v) is 6.58. The van der Waals surface area contributed by atoms with Crippen LogP contribution in [0.25, 0.3) is 39.0 Å². The molecule has 0 bridgehead atoms. The van der Waals surface area contributed by atoms with Gasteiger partial charge in [0.2, 0.25) is 0 Å². The number of aromatic nitrogens is 2. The summed E-state index contributed by atoms with van der Waals surface area (Å²) >= 11 is 0. The van der Waals surface area contributed by atoms with Gasteiger partial charge in [-0.05, 0) is 22.9 Å². The first-order valence-corrected chi connectivity index (χ1v) is 9.07. The molecule has 0 unspecified atom stereocenters. The summed E-state index contributed by atoms with van der Waals surface area (Å²) in [7, 11) is 0. The van der Waals surface area contributed by atoms with Crippen molar-refractivity contribution in [2.24, 2.45) is 0 Å². The quantitative estimate of drug-likeness (QED) is 0.372. The van der Waals surface area contributed by atoms with Crippen molar-refractivity contribution in [3.63, 3.8) is 0 Å². The zero-order valence-corrected chi connectivity index (χ0v) is 14.8. The van der Waals surface area contributed by atoms with Gasteiger partial charge in [-0.15, -0.1) is 0 Å². The van der Waals surface area contributed by atoms with E-state index in [0.29, 0.717) is 0 Å². The van der Waals surface area contributed by atoms with Crippen molar-refractivity contribution in [3.05, 3.63) is 109 Å². The molecular weight excluding hydrogens is 328 g/mol. The van der Waals surface area contributed by atoms with Crippen LogP contribution in [-0.2, 0) is 0 Å². The molecule has 5 rings (SSSR count). The molecule has 2 heteroatoms. The van der Waals surface area contributed by atoms with Crippen LogP contribution in [0.2, 0.25) is 0 Å². The first kappa shape index (κ1) is 15.6. The van der Waals surface area contributed by atoms with Gasteiger partial charge < -0.3 is 0 Å². The molecule has 27 heavy (non-hydrogen) atoms. The van der Waals surface area contributed by atoms with Crippen molar-refractivity contribution in [2.75, 3.05) is 0 Å². The Balaban J connectivity index is 1.76. The highest BCUT2D eigenvalue weighted by Crippen LogP contribution is 2.33. The Morgan fingerprint density at radius 1 is 0.556 bits per heavy atom. The summed E-state index contributed by atoms with van der Waals surface area (Å²) < 4.78 is 2.18. The molecule has 2 nitrogen and oxygen atoms in total. The molecule has 5 aromatic rings. The second-order valence-electron chi connectivity index (χ2n) is 6.58. The van der Waals surface area contributed by atoms with Gasteiger partial charge in [0.15, 0.2) is 0 Å². The summed E-state index contributed by atoms with van der Waals surface area (Å²) in [5, 5.41) is 2.47. The molecule has 0 aliphatic carbocycles. The van der Waals surface area contributed by atoms with Gasteiger partial charge in [0, 0.05) is 16.8 Å². The Kier molecular flexibility index (Phi) is 3.80. The van der Waals surface area contributed by atoms with Gasteiger partial charge in [-0.1, -0.05) is 91.0 Å². The standard InChI is InChI=1S/C25H18N2/c1-3-10-20(11-4-1)24-25(21-12-5-2-6-13-21)27(18-26-24)23-16-15-19-9-7-8-14-22(19)17-23/h1-18H. The molecule has 0 aliphatic heterocycles. The Hall–Kier alpha value is -3.65. The van der Waals surface area contributed by atoms with Crippen LogP contribution in [0.15, 0.2) is 109 Å². The minimum atomic E-state index is 0.995. The Morgan fingerprint density at radius 3 is 1.93 bits per heavy atom. The maximum Gasteiger partial charge on any atom is 0.100 e. The average molecular weight is 346 g/mol. The molecule has 4 aromatic carbocycles. The minimum absolute atomic E-state index is 0.995. The molecule has 0 fully saturated rings. The number of hydrogen-bond donors (Lipinski definition) is 0. The lowest BCUT2D eigenvalue weighted by Crippen LogP contribution is -1.96. The third kappa shape index (κ3) is 2.81. The van der Waals surface area contributed by atoms with E-state index >= 15 is 0 Å². The molecule has 1 heterocycles. The summed E-state index contributed by atoms with van der Waals surface area (Å²) in [6.45, 7) is 0. The summed E-state index contributed by atoms with van der Waals surface area (Å²) in [6, 6.07) is 35.8. The molecule has 0 atom stereocenters. The Labute approximate surface area is 158 Å². The van der Waals surface area contributed by atoms with E-state index in [0.717, 1.165) is 28.2 Å². The summed E-state index contributed by atoms with van der Waals surface area (Å²) in [6.07, 6.45) is 1.93. The van der Waals surface area contributed by atoms with E-state index in [1.54, 1.807) is 0 Å². The fourth-order valence-corrected chi connectivity index (χ4v) is 3.55. The van der Waals surface area contributed by atoms with Gasteiger partial charge in [0.1, 0.15) is 6.33 Å². The normalized spacial score (nSPS) is 11.0. The van der Waals surface area contributed by atoms with Crippen molar-refractivity contribution in [1.29, 1.82) is 0 Å². The van der Waals surface area contributed by atoms with Gasteiger partial charge in [-0.3, -0.25) is 4.57 Å². The number of fused-ring (bicyclic) bond motifs is 1. The van der Waals surface area contributed by atoms with E-state index in [1.165, 1.54) is 10.8 Å². The minimum Gasteiger partial charge on any atom is -0.298 e. The fraction of sp³-hybridized carbons (Fsp3) is 0. The van der Waals surface area contributed by atoms with Crippen molar-refractivity contribution in [2.45, 2.75) is 0 Å².